The number of thiophene rings is 1. The molecule has 7 heteroatoms. The van der Waals surface area contributed by atoms with Crippen LogP contribution in [0, 0.1) is 12.7 Å². The quantitative estimate of drug-likeness (QED) is 0.501. The molecule has 4 nitrogen and oxygen atoms in total. The summed E-state index contributed by atoms with van der Waals surface area (Å²) in [6, 6.07) is 9.75. The van der Waals surface area contributed by atoms with Crippen LogP contribution >= 0.6 is 23.1 Å². The van der Waals surface area contributed by atoms with Gasteiger partial charge in [0.2, 0.25) is 0 Å². The van der Waals surface area contributed by atoms with Crippen molar-refractivity contribution < 1.29 is 9.18 Å². The summed E-state index contributed by atoms with van der Waals surface area (Å²) < 4.78 is 13.1. The second-order valence-electron chi connectivity index (χ2n) is 5.74. The molecule has 3 rings (SSSR count). The van der Waals surface area contributed by atoms with E-state index in [1.165, 1.54) is 23.9 Å². The Kier molecular flexibility index (Phi) is 5.68. The zero-order valence-corrected chi connectivity index (χ0v) is 16.2. The average Bonchev–Trinajstić information content (AvgIpc) is 3.16. The van der Waals surface area contributed by atoms with E-state index >= 15 is 0 Å². The number of aromatic nitrogens is 2. The Hall–Kier alpha value is -2.25. The van der Waals surface area contributed by atoms with E-state index in [0.717, 1.165) is 10.4 Å². The molecule has 0 aliphatic heterocycles. The maximum absolute atomic E-state index is 13.1. The third-order valence-corrected chi connectivity index (χ3v) is 5.48. The van der Waals surface area contributed by atoms with Crippen LogP contribution in [0.5, 0.6) is 0 Å². The second-order valence-corrected chi connectivity index (χ2v) is 7.48. The molecule has 2 aromatic heterocycles. The van der Waals surface area contributed by atoms with Gasteiger partial charge in [-0.1, -0.05) is 18.2 Å². The van der Waals surface area contributed by atoms with Crippen LogP contribution in [0.4, 0.5) is 4.39 Å². The van der Waals surface area contributed by atoms with E-state index in [9.17, 15) is 9.18 Å². The Morgan fingerprint density at radius 2 is 1.96 bits per heavy atom. The molecule has 0 spiro atoms. The van der Waals surface area contributed by atoms with Crippen LogP contribution in [0.3, 0.4) is 0 Å². The number of amides is 1. The molecule has 0 saturated heterocycles. The largest absolute Gasteiger partial charge is 0.345 e. The number of hydrogen-bond donors (Lipinski definition) is 1. The van der Waals surface area contributed by atoms with Gasteiger partial charge >= 0.3 is 0 Å². The number of rotatable bonds is 5. The maximum Gasteiger partial charge on any atom is 0.256 e. The number of nitrogens with zero attached hydrogens (tertiary/aromatic N) is 2. The molecule has 3 aromatic rings. The molecule has 1 amide bonds. The Labute approximate surface area is 159 Å². The standard InChI is InChI=1S/C19H18FN3OS2/c1-11(13-6-8-14(20)9-7-13)22-18(24)16-12(2)21-17(23-19(16)25-3)15-5-4-10-26-15/h4-11H,1-3H3,(H,22,24)/t11-/m1/s1. The highest BCUT2D eigenvalue weighted by molar-refractivity contribution is 7.98. The number of thioether (sulfide) groups is 1. The molecule has 0 fully saturated rings. The van der Waals surface area contributed by atoms with E-state index in [1.807, 2.05) is 37.6 Å². The molecule has 2 heterocycles. The van der Waals surface area contributed by atoms with Crippen LogP contribution in [0.1, 0.15) is 34.6 Å². The van der Waals surface area contributed by atoms with E-state index < -0.39 is 0 Å². The molecule has 0 bridgehead atoms. The molecule has 0 aliphatic rings. The first-order chi connectivity index (χ1) is 12.5. The molecular formula is C19H18FN3OS2. The average molecular weight is 388 g/mol. The van der Waals surface area contributed by atoms with Gasteiger partial charge in [0, 0.05) is 0 Å². The van der Waals surface area contributed by atoms with Gasteiger partial charge in [0.25, 0.3) is 5.91 Å². The fourth-order valence-corrected chi connectivity index (χ4v) is 3.86. The topological polar surface area (TPSA) is 54.9 Å². The molecular weight excluding hydrogens is 369 g/mol. The number of halogens is 1. The molecule has 0 aliphatic carbocycles. The van der Waals surface area contributed by atoms with Crippen molar-refractivity contribution in [1.29, 1.82) is 0 Å². The minimum Gasteiger partial charge on any atom is -0.345 e. The molecule has 134 valence electrons. The number of aryl methyl sites for hydroxylation is 1. The van der Waals surface area contributed by atoms with Gasteiger partial charge < -0.3 is 5.32 Å². The first kappa shape index (κ1) is 18.5. The first-order valence-corrected chi connectivity index (χ1v) is 10.1. The molecule has 0 radical (unpaired) electrons. The van der Waals surface area contributed by atoms with Crippen molar-refractivity contribution in [3.05, 3.63) is 64.4 Å². The summed E-state index contributed by atoms with van der Waals surface area (Å²) in [4.78, 5) is 22.9. The van der Waals surface area contributed by atoms with Gasteiger partial charge in [-0.2, -0.15) is 0 Å². The van der Waals surface area contributed by atoms with Crippen LogP contribution in [0.15, 0.2) is 46.8 Å². The summed E-state index contributed by atoms with van der Waals surface area (Å²) in [6.45, 7) is 3.68. The lowest BCUT2D eigenvalue weighted by Crippen LogP contribution is -2.28. The van der Waals surface area contributed by atoms with Gasteiger partial charge in [0.15, 0.2) is 5.82 Å². The molecule has 1 N–H and O–H groups in total. The predicted molar refractivity (Wildman–Crippen MR) is 104 cm³/mol. The highest BCUT2D eigenvalue weighted by atomic mass is 32.2. The molecule has 0 saturated carbocycles. The van der Waals surface area contributed by atoms with Gasteiger partial charge in [-0.3, -0.25) is 4.79 Å². The maximum atomic E-state index is 13.1. The van der Waals surface area contributed by atoms with Crippen LogP contribution in [-0.4, -0.2) is 22.1 Å². The van der Waals surface area contributed by atoms with Gasteiger partial charge in [-0.25, -0.2) is 14.4 Å². The molecule has 26 heavy (non-hydrogen) atoms. The summed E-state index contributed by atoms with van der Waals surface area (Å²) in [5, 5.41) is 5.56. The molecule has 0 unspecified atom stereocenters. The Morgan fingerprint density at radius 3 is 2.58 bits per heavy atom. The van der Waals surface area contributed by atoms with Crippen molar-refractivity contribution >= 4 is 29.0 Å². The lowest BCUT2D eigenvalue weighted by molar-refractivity contribution is 0.0935. The molecule has 1 atom stereocenters. The van der Waals surface area contributed by atoms with Crippen LogP contribution in [-0.2, 0) is 0 Å². The fourth-order valence-electron chi connectivity index (χ4n) is 2.58. The third-order valence-electron chi connectivity index (χ3n) is 3.94. The van der Waals surface area contributed by atoms with Crippen LogP contribution in [0.25, 0.3) is 10.7 Å². The highest BCUT2D eigenvalue weighted by Gasteiger charge is 2.21. The fraction of sp³-hybridized carbons (Fsp3) is 0.211. The summed E-state index contributed by atoms with van der Waals surface area (Å²) in [5.74, 6) is 0.0942. The minimum atomic E-state index is -0.301. The summed E-state index contributed by atoms with van der Waals surface area (Å²) >= 11 is 2.98. The number of nitrogens with one attached hydrogen (secondary N) is 1. The van der Waals surface area contributed by atoms with E-state index in [2.05, 4.69) is 15.3 Å². The van der Waals surface area contributed by atoms with Crippen molar-refractivity contribution in [1.82, 2.24) is 15.3 Å². The number of carbonyl (C=O) groups excluding carboxylic acids is 1. The Morgan fingerprint density at radius 1 is 1.23 bits per heavy atom. The predicted octanol–water partition coefficient (Wildman–Crippen LogP) is 4.87. The van der Waals surface area contributed by atoms with Gasteiger partial charge in [-0.15, -0.1) is 23.1 Å². The van der Waals surface area contributed by atoms with E-state index in [1.54, 1.807) is 23.5 Å². The van der Waals surface area contributed by atoms with Crippen LogP contribution in [0.2, 0.25) is 0 Å². The third kappa shape index (κ3) is 3.94. The van der Waals surface area contributed by atoms with Gasteiger partial charge in [0.1, 0.15) is 10.8 Å². The highest BCUT2D eigenvalue weighted by Crippen LogP contribution is 2.27. The van der Waals surface area contributed by atoms with Crippen molar-refractivity contribution in [3.63, 3.8) is 0 Å². The second kappa shape index (κ2) is 7.97. The Balaban J connectivity index is 1.87. The number of carbonyl (C=O) groups is 1. The normalized spacial score (nSPS) is 12.0. The lowest BCUT2D eigenvalue weighted by Gasteiger charge is -2.17. The zero-order valence-electron chi connectivity index (χ0n) is 14.6. The monoisotopic (exact) mass is 387 g/mol. The zero-order chi connectivity index (χ0) is 18.7. The van der Waals surface area contributed by atoms with E-state index in [-0.39, 0.29) is 17.8 Å². The van der Waals surface area contributed by atoms with Gasteiger partial charge in [0.05, 0.1) is 22.2 Å². The van der Waals surface area contributed by atoms with Crippen molar-refractivity contribution in [3.8, 4) is 10.7 Å². The van der Waals surface area contributed by atoms with Crippen molar-refractivity contribution in [2.45, 2.75) is 24.9 Å². The first-order valence-electron chi connectivity index (χ1n) is 8.02. The summed E-state index contributed by atoms with van der Waals surface area (Å²) in [5.41, 5.74) is 1.95. The number of hydrogen-bond acceptors (Lipinski definition) is 5. The summed E-state index contributed by atoms with van der Waals surface area (Å²) in [6.07, 6.45) is 1.89. The SMILES string of the molecule is CSc1nc(-c2cccs2)nc(C)c1C(=O)N[C@H](C)c1ccc(F)cc1. The Bertz CT molecular complexity index is 911. The number of benzene rings is 1. The summed E-state index contributed by atoms with van der Waals surface area (Å²) in [7, 11) is 0. The van der Waals surface area contributed by atoms with Crippen molar-refractivity contribution in [2.24, 2.45) is 0 Å². The minimum absolute atomic E-state index is 0.235. The van der Waals surface area contributed by atoms with E-state index in [0.29, 0.717) is 22.1 Å². The smallest absolute Gasteiger partial charge is 0.256 e. The van der Waals surface area contributed by atoms with Crippen LogP contribution < -0.4 is 5.32 Å². The van der Waals surface area contributed by atoms with Crippen molar-refractivity contribution in [2.75, 3.05) is 6.26 Å². The van der Waals surface area contributed by atoms with Gasteiger partial charge in [-0.05, 0) is 49.2 Å². The lowest BCUT2D eigenvalue weighted by atomic mass is 10.1. The van der Waals surface area contributed by atoms with E-state index in [4.69, 9.17) is 0 Å². The molecule has 1 aromatic carbocycles.